The van der Waals surface area contributed by atoms with Gasteiger partial charge in [-0.1, -0.05) is 0 Å². The molecular formula is C16H22FN3O2S. The number of anilines is 2. The molecular weight excluding hydrogens is 317 g/mol. The Balaban J connectivity index is 2.00. The maximum absolute atomic E-state index is 13.8. The Morgan fingerprint density at radius 2 is 2.04 bits per heavy atom. The molecule has 0 N–H and O–H groups in total. The molecule has 1 aromatic rings. The number of nitrogens with zero attached hydrogens (tertiary/aromatic N) is 3. The third-order valence-corrected chi connectivity index (χ3v) is 5.63. The molecule has 1 saturated carbocycles. The summed E-state index contributed by atoms with van der Waals surface area (Å²) in [5.74, 6) is 0.161. The van der Waals surface area contributed by atoms with Crippen LogP contribution in [-0.2, 0) is 10.0 Å². The highest BCUT2D eigenvalue weighted by Crippen LogP contribution is 2.42. The maximum Gasteiger partial charge on any atom is 0.232 e. The van der Waals surface area contributed by atoms with Gasteiger partial charge in [-0.25, -0.2) is 12.8 Å². The Hall–Kier alpha value is -1.76. The molecule has 2 aliphatic rings. The predicted octanol–water partition coefficient (Wildman–Crippen LogP) is 2.57. The topological polar surface area (TPSA) is 43.9 Å². The van der Waals surface area contributed by atoms with E-state index in [4.69, 9.17) is 0 Å². The van der Waals surface area contributed by atoms with Crippen LogP contribution in [0.5, 0.6) is 0 Å². The van der Waals surface area contributed by atoms with Crippen molar-refractivity contribution in [3.63, 3.8) is 0 Å². The van der Waals surface area contributed by atoms with Crippen LogP contribution in [0.4, 0.5) is 15.8 Å². The van der Waals surface area contributed by atoms with E-state index in [0.717, 1.165) is 6.26 Å². The number of allylic oxidation sites excluding steroid dienone is 1. The fraction of sp³-hybridized carbons (Fsp3) is 0.500. The zero-order chi connectivity index (χ0) is 16.8. The van der Waals surface area contributed by atoms with Gasteiger partial charge in [0.25, 0.3) is 0 Å². The van der Waals surface area contributed by atoms with Crippen molar-refractivity contribution >= 4 is 21.4 Å². The van der Waals surface area contributed by atoms with Crippen LogP contribution in [-0.4, -0.2) is 39.8 Å². The Morgan fingerprint density at radius 1 is 1.35 bits per heavy atom. The van der Waals surface area contributed by atoms with Crippen molar-refractivity contribution in [2.75, 3.05) is 35.7 Å². The molecule has 5 nitrogen and oxygen atoms in total. The lowest BCUT2D eigenvalue weighted by Gasteiger charge is -2.34. The molecule has 3 rings (SSSR count). The molecule has 1 aliphatic carbocycles. The van der Waals surface area contributed by atoms with Crippen molar-refractivity contribution in [3.05, 3.63) is 35.8 Å². The summed E-state index contributed by atoms with van der Waals surface area (Å²) in [6, 6.07) is 4.32. The lowest BCUT2D eigenvalue weighted by atomic mass is 10.2. The number of rotatable bonds is 5. The molecule has 0 amide bonds. The largest absolute Gasteiger partial charge is 0.292 e. The summed E-state index contributed by atoms with van der Waals surface area (Å²) < 4.78 is 39.1. The third-order valence-electron chi connectivity index (χ3n) is 4.38. The summed E-state index contributed by atoms with van der Waals surface area (Å²) in [4.78, 5) is 0. The summed E-state index contributed by atoms with van der Waals surface area (Å²) in [5, 5.41) is 4.06. The van der Waals surface area contributed by atoms with Crippen LogP contribution in [0.2, 0.25) is 0 Å². The molecule has 1 fully saturated rings. The second kappa shape index (κ2) is 5.70. The summed E-state index contributed by atoms with van der Waals surface area (Å²) >= 11 is 0. The minimum Gasteiger partial charge on any atom is -0.292 e. The van der Waals surface area contributed by atoms with Crippen molar-refractivity contribution in [1.82, 2.24) is 5.01 Å². The van der Waals surface area contributed by atoms with E-state index in [1.807, 2.05) is 12.1 Å². The molecule has 0 unspecified atom stereocenters. The van der Waals surface area contributed by atoms with E-state index < -0.39 is 15.8 Å². The van der Waals surface area contributed by atoms with Gasteiger partial charge >= 0.3 is 0 Å². The van der Waals surface area contributed by atoms with Crippen LogP contribution >= 0.6 is 0 Å². The number of sulfonamides is 1. The smallest absolute Gasteiger partial charge is 0.232 e. The Kier molecular flexibility index (Phi) is 4.00. The van der Waals surface area contributed by atoms with Gasteiger partial charge in [0.15, 0.2) is 0 Å². The standard InChI is InChI=1S/C16H22FN3O2S/c1-4-20(23(3,21)22)16-11-13(17)7-8-15(16)19-10-9-14(18(19)2)12-5-6-12/h7-9,11-12H,4-6,10H2,1-3H3. The monoisotopic (exact) mass is 339 g/mol. The number of benzene rings is 1. The zero-order valence-corrected chi connectivity index (χ0v) is 14.5. The van der Waals surface area contributed by atoms with Gasteiger partial charge in [0.05, 0.1) is 24.2 Å². The van der Waals surface area contributed by atoms with Crippen molar-refractivity contribution < 1.29 is 12.8 Å². The lowest BCUT2D eigenvalue weighted by molar-refractivity contribution is 0.401. The van der Waals surface area contributed by atoms with Crippen molar-refractivity contribution in [3.8, 4) is 0 Å². The van der Waals surface area contributed by atoms with Crippen LogP contribution in [0.15, 0.2) is 30.0 Å². The Morgan fingerprint density at radius 3 is 2.61 bits per heavy atom. The fourth-order valence-electron chi connectivity index (χ4n) is 3.14. The molecule has 7 heteroatoms. The van der Waals surface area contributed by atoms with Gasteiger partial charge in [-0.15, -0.1) is 0 Å². The van der Waals surface area contributed by atoms with E-state index in [1.165, 1.54) is 35.0 Å². The van der Waals surface area contributed by atoms with Crippen LogP contribution in [0.25, 0.3) is 0 Å². The molecule has 0 bridgehead atoms. The number of hydrogen-bond donors (Lipinski definition) is 0. The van der Waals surface area contributed by atoms with Crippen LogP contribution in [0, 0.1) is 11.7 Å². The Labute approximate surface area is 137 Å². The van der Waals surface area contributed by atoms with Crippen molar-refractivity contribution in [2.24, 2.45) is 5.92 Å². The first kappa shape index (κ1) is 16.1. The van der Waals surface area contributed by atoms with Gasteiger partial charge in [-0.2, -0.15) is 0 Å². The first-order chi connectivity index (χ1) is 10.8. The summed E-state index contributed by atoms with van der Waals surface area (Å²) in [5.41, 5.74) is 2.35. The van der Waals surface area contributed by atoms with Gasteiger partial charge in [0.1, 0.15) is 5.82 Å². The summed E-state index contributed by atoms with van der Waals surface area (Å²) in [6.45, 7) is 2.68. The highest BCUT2D eigenvalue weighted by atomic mass is 32.2. The second-order valence-corrected chi connectivity index (χ2v) is 7.98. The van der Waals surface area contributed by atoms with Crippen LogP contribution in [0.1, 0.15) is 19.8 Å². The maximum atomic E-state index is 13.8. The highest BCUT2D eigenvalue weighted by Gasteiger charge is 2.35. The van der Waals surface area contributed by atoms with E-state index in [9.17, 15) is 12.8 Å². The molecule has 0 spiro atoms. The third kappa shape index (κ3) is 3.02. The SMILES string of the molecule is CCN(c1cc(F)ccc1N1CC=C(C2CC2)N1C)S(C)(=O)=O. The van der Waals surface area contributed by atoms with E-state index in [-0.39, 0.29) is 6.54 Å². The first-order valence-corrected chi connectivity index (χ1v) is 9.66. The first-order valence-electron chi connectivity index (χ1n) is 7.81. The Bertz CT molecular complexity index is 744. The normalized spacial score (nSPS) is 18.3. The minimum atomic E-state index is -3.47. The van der Waals surface area contributed by atoms with Gasteiger partial charge in [-0.3, -0.25) is 14.3 Å². The number of hydrogen-bond acceptors (Lipinski definition) is 4. The molecule has 0 saturated heterocycles. The van der Waals surface area contributed by atoms with Gasteiger partial charge in [0.2, 0.25) is 10.0 Å². The highest BCUT2D eigenvalue weighted by molar-refractivity contribution is 7.92. The van der Waals surface area contributed by atoms with Gasteiger partial charge in [-0.05, 0) is 38.0 Å². The van der Waals surface area contributed by atoms with Crippen LogP contribution < -0.4 is 9.31 Å². The molecule has 0 aromatic heterocycles. The molecule has 0 radical (unpaired) electrons. The zero-order valence-electron chi connectivity index (χ0n) is 13.7. The van der Waals surface area contributed by atoms with Crippen molar-refractivity contribution in [1.29, 1.82) is 0 Å². The predicted molar refractivity (Wildman–Crippen MR) is 90.2 cm³/mol. The van der Waals surface area contributed by atoms with Gasteiger partial charge < -0.3 is 0 Å². The fourth-order valence-corrected chi connectivity index (χ4v) is 4.11. The average Bonchev–Trinajstić information content (AvgIpc) is 3.22. The second-order valence-electron chi connectivity index (χ2n) is 6.07. The van der Waals surface area contributed by atoms with E-state index >= 15 is 0 Å². The number of hydrazine groups is 1. The van der Waals surface area contributed by atoms with E-state index in [2.05, 4.69) is 11.1 Å². The molecule has 0 atom stereocenters. The quantitative estimate of drug-likeness (QED) is 0.827. The van der Waals surface area contributed by atoms with Gasteiger partial charge in [0, 0.05) is 31.3 Å². The van der Waals surface area contributed by atoms with E-state index in [1.54, 1.807) is 13.0 Å². The van der Waals surface area contributed by atoms with Crippen LogP contribution in [0.3, 0.4) is 0 Å². The molecule has 1 aliphatic heterocycles. The van der Waals surface area contributed by atoms with E-state index in [0.29, 0.717) is 23.8 Å². The molecule has 1 aromatic carbocycles. The number of halogens is 1. The molecule has 126 valence electrons. The van der Waals surface area contributed by atoms with Crippen molar-refractivity contribution in [2.45, 2.75) is 19.8 Å². The molecule has 23 heavy (non-hydrogen) atoms. The lowest BCUT2D eigenvalue weighted by Crippen LogP contribution is -2.37. The summed E-state index contributed by atoms with van der Waals surface area (Å²) in [7, 11) is -1.49. The minimum absolute atomic E-state index is 0.260. The molecule has 1 heterocycles. The average molecular weight is 339 g/mol. The summed E-state index contributed by atoms with van der Waals surface area (Å²) in [6.07, 6.45) is 5.71.